The molecule has 0 bridgehead atoms. The van der Waals surface area contributed by atoms with E-state index in [1.165, 1.54) is 0 Å². The quantitative estimate of drug-likeness (QED) is 0.906. The zero-order chi connectivity index (χ0) is 13.8. The summed E-state index contributed by atoms with van der Waals surface area (Å²) in [6, 6.07) is 9.51. The van der Waals surface area contributed by atoms with Crippen molar-refractivity contribution < 1.29 is 4.79 Å². The van der Waals surface area contributed by atoms with E-state index in [-0.39, 0.29) is 5.91 Å². The molecule has 0 spiro atoms. The lowest BCUT2D eigenvalue weighted by Gasteiger charge is -2.16. The van der Waals surface area contributed by atoms with Crippen molar-refractivity contribution in [3.8, 4) is 0 Å². The van der Waals surface area contributed by atoms with Crippen molar-refractivity contribution in [1.29, 1.82) is 0 Å². The van der Waals surface area contributed by atoms with Gasteiger partial charge in [-0.15, -0.1) is 0 Å². The van der Waals surface area contributed by atoms with Crippen LogP contribution in [0.5, 0.6) is 0 Å². The minimum atomic E-state index is -0.0985. The Morgan fingerprint density at radius 2 is 1.84 bits per heavy atom. The third kappa shape index (κ3) is 2.99. The molecule has 0 radical (unpaired) electrons. The lowest BCUT2D eigenvalue weighted by atomic mass is 9.98. The molecule has 98 valence electrons. The Kier molecular flexibility index (Phi) is 3.95. The van der Waals surface area contributed by atoms with E-state index in [9.17, 15) is 4.79 Å². The Labute approximate surface area is 113 Å². The highest BCUT2D eigenvalue weighted by Gasteiger charge is 2.12. The van der Waals surface area contributed by atoms with Gasteiger partial charge in [-0.2, -0.15) is 0 Å². The van der Waals surface area contributed by atoms with Crippen LogP contribution in [0.25, 0.3) is 0 Å². The zero-order valence-corrected chi connectivity index (χ0v) is 11.5. The molecule has 1 aromatic carbocycles. The number of carbonyl (C=O) groups excluding carboxylic acids is 1. The van der Waals surface area contributed by atoms with Crippen LogP contribution < -0.4 is 5.32 Å². The summed E-state index contributed by atoms with van der Waals surface area (Å²) in [6.07, 6.45) is 3.24. The average molecular weight is 254 g/mol. The summed E-state index contributed by atoms with van der Waals surface area (Å²) in [5.41, 5.74) is 3.77. The van der Waals surface area contributed by atoms with Gasteiger partial charge in [0.15, 0.2) is 0 Å². The van der Waals surface area contributed by atoms with E-state index in [2.05, 4.69) is 30.2 Å². The molecular formula is C16H18N2O. The van der Waals surface area contributed by atoms with Crippen LogP contribution in [0.15, 0.2) is 42.7 Å². The third-order valence-corrected chi connectivity index (χ3v) is 3.11. The first-order valence-electron chi connectivity index (χ1n) is 6.40. The molecule has 1 N–H and O–H groups in total. The molecule has 0 unspecified atom stereocenters. The summed E-state index contributed by atoms with van der Waals surface area (Å²) in [5, 5.41) is 3.01. The number of aromatic nitrogens is 1. The SMILES string of the molecule is Cc1cccc(C(C)C)c1NC(=O)c1ccncc1. The number of benzene rings is 1. The topological polar surface area (TPSA) is 42.0 Å². The van der Waals surface area contributed by atoms with Crippen molar-refractivity contribution in [1.82, 2.24) is 4.98 Å². The highest BCUT2D eigenvalue weighted by Crippen LogP contribution is 2.27. The summed E-state index contributed by atoms with van der Waals surface area (Å²) < 4.78 is 0. The average Bonchev–Trinajstić information content (AvgIpc) is 2.41. The number of carbonyl (C=O) groups is 1. The van der Waals surface area contributed by atoms with Crippen molar-refractivity contribution in [3.05, 3.63) is 59.4 Å². The summed E-state index contributed by atoms with van der Waals surface area (Å²) >= 11 is 0. The Morgan fingerprint density at radius 3 is 2.47 bits per heavy atom. The Bertz CT molecular complexity index is 577. The van der Waals surface area contributed by atoms with Crippen molar-refractivity contribution in [2.45, 2.75) is 26.7 Å². The summed E-state index contributed by atoms with van der Waals surface area (Å²) in [7, 11) is 0. The molecule has 0 atom stereocenters. The molecule has 0 aliphatic carbocycles. The predicted octanol–water partition coefficient (Wildman–Crippen LogP) is 3.77. The molecule has 1 amide bonds. The van der Waals surface area contributed by atoms with Crippen LogP contribution in [0.4, 0.5) is 5.69 Å². The van der Waals surface area contributed by atoms with Gasteiger partial charge in [0, 0.05) is 23.6 Å². The van der Waals surface area contributed by atoms with Gasteiger partial charge in [0.25, 0.3) is 5.91 Å². The Morgan fingerprint density at radius 1 is 1.16 bits per heavy atom. The Hall–Kier alpha value is -2.16. The van der Waals surface area contributed by atoms with E-state index in [1.807, 2.05) is 19.1 Å². The standard InChI is InChI=1S/C16H18N2O/c1-11(2)14-6-4-5-12(3)15(14)18-16(19)13-7-9-17-10-8-13/h4-11H,1-3H3,(H,18,19). The lowest BCUT2D eigenvalue weighted by Crippen LogP contribution is -2.14. The predicted molar refractivity (Wildman–Crippen MR) is 77.5 cm³/mol. The molecule has 1 heterocycles. The molecule has 0 aliphatic heterocycles. The highest BCUT2D eigenvalue weighted by molar-refractivity contribution is 6.05. The van der Waals surface area contributed by atoms with Crippen molar-refractivity contribution >= 4 is 11.6 Å². The van der Waals surface area contributed by atoms with Gasteiger partial charge in [-0.1, -0.05) is 32.0 Å². The summed E-state index contributed by atoms with van der Waals surface area (Å²) in [5.74, 6) is 0.270. The van der Waals surface area contributed by atoms with Crippen LogP contribution in [0.1, 0.15) is 41.3 Å². The maximum atomic E-state index is 12.2. The van der Waals surface area contributed by atoms with Crippen molar-refractivity contribution in [3.63, 3.8) is 0 Å². The minimum Gasteiger partial charge on any atom is -0.321 e. The molecule has 0 saturated carbocycles. The van der Waals surface area contributed by atoms with Crippen molar-refractivity contribution in [2.75, 3.05) is 5.32 Å². The fourth-order valence-corrected chi connectivity index (χ4v) is 2.03. The van der Waals surface area contributed by atoms with Crippen LogP contribution in [0.3, 0.4) is 0 Å². The number of hydrogen-bond acceptors (Lipinski definition) is 2. The number of rotatable bonds is 3. The van der Waals surface area contributed by atoms with E-state index in [1.54, 1.807) is 24.5 Å². The largest absolute Gasteiger partial charge is 0.321 e. The molecule has 19 heavy (non-hydrogen) atoms. The second-order valence-corrected chi connectivity index (χ2v) is 4.88. The van der Waals surface area contributed by atoms with Crippen LogP contribution in [0, 0.1) is 6.92 Å². The fraction of sp³-hybridized carbons (Fsp3) is 0.250. The van der Waals surface area contributed by atoms with Gasteiger partial charge in [-0.05, 0) is 36.1 Å². The third-order valence-electron chi connectivity index (χ3n) is 3.11. The zero-order valence-electron chi connectivity index (χ0n) is 11.5. The maximum Gasteiger partial charge on any atom is 0.255 e. The van der Waals surface area contributed by atoms with Gasteiger partial charge in [-0.25, -0.2) is 0 Å². The first-order valence-corrected chi connectivity index (χ1v) is 6.40. The molecular weight excluding hydrogens is 236 g/mol. The first-order chi connectivity index (χ1) is 9.09. The van der Waals surface area contributed by atoms with Crippen LogP contribution in [0.2, 0.25) is 0 Å². The fourth-order valence-electron chi connectivity index (χ4n) is 2.03. The number of para-hydroxylation sites is 1. The van der Waals surface area contributed by atoms with Crippen LogP contribution in [-0.4, -0.2) is 10.9 Å². The number of nitrogens with one attached hydrogen (secondary N) is 1. The molecule has 0 saturated heterocycles. The van der Waals surface area contributed by atoms with E-state index >= 15 is 0 Å². The number of amides is 1. The highest BCUT2D eigenvalue weighted by atomic mass is 16.1. The molecule has 0 fully saturated rings. The van der Waals surface area contributed by atoms with Crippen LogP contribution >= 0.6 is 0 Å². The second-order valence-electron chi connectivity index (χ2n) is 4.88. The number of hydrogen-bond donors (Lipinski definition) is 1. The lowest BCUT2D eigenvalue weighted by molar-refractivity contribution is 0.102. The van der Waals surface area contributed by atoms with E-state index in [4.69, 9.17) is 0 Å². The van der Waals surface area contributed by atoms with E-state index in [0.717, 1.165) is 16.8 Å². The minimum absolute atomic E-state index is 0.0985. The van der Waals surface area contributed by atoms with E-state index in [0.29, 0.717) is 11.5 Å². The van der Waals surface area contributed by atoms with Gasteiger partial charge in [0.05, 0.1) is 0 Å². The van der Waals surface area contributed by atoms with E-state index < -0.39 is 0 Å². The van der Waals surface area contributed by atoms with Gasteiger partial charge in [0.1, 0.15) is 0 Å². The maximum absolute atomic E-state index is 12.2. The number of aryl methyl sites for hydroxylation is 1. The first kappa shape index (κ1) is 13.3. The Balaban J connectivity index is 2.31. The van der Waals surface area contributed by atoms with Gasteiger partial charge in [-0.3, -0.25) is 9.78 Å². The number of nitrogens with zero attached hydrogens (tertiary/aromatic N) is 1. The van der Waals surface area contributed by atoms with Gasteiger partial charge >= 0.3 is 0 Å². The second kappa shape index (κ2) is 5.65. The molecule has 2 aromatic rings. The molecule has 3 heteroatoms. The number of pyridine rings is 1. The summed E-state index contributed by atoms with van der Waals surface area (Å²) in [6.45, 7) is 6.25. The smallest absolute Gasteiger partial charge is 0.255 e. The monoisotopic (exact) mass is 254 g/mol. The van der Waals surface area contributed by atoms with Crippen LogP contribution in [-0.2, 0) is 0 Å². The van der Waals surface area contributed by atoms with Gasteiger partial charge < -0.3 is 5.32 Å². The molecule has 1 aromatic heterocycles. The number of anilines is 1. The summed E-state index contributed by atoms with van der Waals surface area (Å²) in [4.78, 5) is 16.1. The van der Waals surface area contributed by atoms with Gasteiger partial charge in [0.2, 0.25) is 0 Å². The molecule has 0 aliphatic rings. The normalized spacial score (nSPS) is 10.5. The molecule has 3 nitrogen and oxygen atoms in total. The van der Waals surface area contributed by atoms with Crippen molar-refractivity contribution in [2.24, 2.45) is 0 Å². The molecule has 2 rings (SSSR count).